The molecule has 1 N–H and O–H groups in total. The SMILES string of the molecule is COc1cc2c(c(OC)c1)C(C(C)C)NCC2. The summed E-state index contributed by atoms with van der Waals surface area (Å²) in [5, 5.41) is 3.57. The zero-order valence-electron chi connectivity index (χ0n) is 11.0. The molecule has 0 radical (unpaired) electrons. The van der Waals surface area contributed by atoms with E-state index in [1.807, 2.05) is 6.07 Å². The van der Waals surface area contributed by atoms with Crippen LogP contribution in [-0.4, -0.2) is 20.8 Å². The van der Waals surface area contributed by atoms with E-state index in [1.54, 1.807) is 14.2 Å². The largest absolute Gasteiger partial charge is 0.497 e. The summed E-state index contributed by atoms with van der Waals surface area (Å²) < 4.78 is 10.8. The van der Waals surface area contributed by atoms with Gasteiger partial charge in [0, 0.05) is 17.7 Å². The molecular formula is C14H21NO2. The van der Waals surface area contributed by atoms with Crippen molar-refractivity contribution in [2.24, 2.45) is 5.92 Å². The highest BCUT2D eigenvalue weighted by Gasteiger charge is 2.26. The van der Waals surface area contributed by atoms with Crippen LogP contribution in [0.2, 0.25) is 0 Å². The summed E-state index contributed by atoms with van der Waals surface area (Å²) in [7, 11) is 3.42. The summed E-state index contributed by atoms with van der Waals surface area (Å²) in [5.41, 5.74) is 2.65. The fraction of sp³-hybridized carbons (Fsp3) is 0.571. The molecule has 1 aliphatic heterocycles. The lowest BCUT2D eigenvalue weighted by Gasteiger charge is -2.31. The molecule has 1 atom stereocenters. The van der Waals surface area contributed by atoms with Crippen molar-refractivity contribution < 1.29 is 9.47 Å². The smallest absolute Gasteiger partial charge is 0.127 e. The highest BCUT2D eigenvalue weighted by atomic mass is 16.5. The van der Waals surface area contributed by atoms with Crippen molar-refractivity contribution in [1.82, 2.24) is 5.32 Å². The molecule has 1 aromatic rings. The third kappa shape index (κ3) is 2.25. The van der Waals surface area contributed by atoms with Crippen LogP contribution in [0.5, 0.6) is 11.5 Å². The first-order valence-electron chi connectivity index (χ1n) is 6.15. The van der Waals surface area contributed by atoms with Crippen LogP contribution in [0.1, 0.15) is 31.0 Å². The maximum Gasteiger partial charge on any atom is 0.127 e. The summed E-state index contributed by atoms with van der Waals surface area (Å²) in [6.07, 6.45) is 1.03. The third-order valence-electron chi connectivity index (χ3n) is 3.39. The van der Waals surface area contributed by atoms with Crippen molar-refractivity contribution in [2.45, 2.75) is 26.3 Å². The number of hydrogen-bond acceptors (Lipinski definition) is 3. The van der Waals surface area contributed by atoms with Crippen molar-refractivity contribution in [3.05, 3.63) is 23.3 Å². The van der Waals surface area contributed by atoms with Crippen LogP contribution in [-0.2, 0) is 6.42 Å². The Kier molecular flexibility index (Phi) is 3.57. The maximum absolute atomic E-state index is 5.52. The van der Waals surface area contributed by atoms with Crippen molar-refractivity contribution in [3.8, 4) is 11.5 Å². The first-order valence-corrected chi connectivity index (χ1v) is 6.15. The molecule has 0 aromatic heterocycles. The first-order chi connectivity index (χ1) is 8.17. The van der Waals surface area contributed by atoms with Gasteiger partial charge in [-0.3, -0.25) is 0 Å². The quantitative estimate of drug-likeness (QED) is 0.873. The number of benzene rings is 1. The minimum Gasteiger partial charge on any atom is -0.497 e. The van der Waals surface area contributed by atoms with Crippen molar-refractivity contribution in [2.75, 3.05) is 20.8 Å². The van der Waals surface area contributed by atoms with Gasteiger partial charge in [-0.15, -0.1) is 0 Å². The Morgan fingerprint density at radius 2 is 2.00 bits per heavy atom. The van der Waals surface area contributed by atoms with E-state index in [0.29, 0.717) is 12.0 Å². The van der Waals surface area contributed by atoms with Gasteiger partial charge in [0.05, 0.1) is 14.2 Å². The molecule has 1 aliphatic rings. The molecule has 17 heavy (non-hydrogen) atoms. The standard InChI is InChI=1S/C14H21NO2/c1-9(2)14-13-10(5-6-15-14)7-11(16-3)8-12(13)17-4/h7-9,14-15H,5-6H2,1-4H3. The van der Waals surface area contributed by atoms with Crippen LogP contribution < -0.4 is 14.8 Å². The lowest BCUT2D eigenvalue weighted by Crippen LogP contribution is -2.33. The molecule has 0 fully saturated rings. The van der Waals surface area contributed by atoms with E-state index in [-0.39, 0.29) is 0 Å². The zero-order chi connectivity index (χ0) is 12.4. The van der Waals surface area contributed by atoms with E-state index in [2.05, 4.69) is 25.2 Å². The molecule has 0 amide bonds. The Morgan fingerprint density at radius 3 is 2.59 bits per heavy atom. The van der Waals surface area contributed by atoms with Gasteiger partial charge in [-0.2, -0.15) is 0 Å². The Morgan fingerprint density at radius 1 is 1.24 bits per heavy atom. The van der Waals surface area contributed by atoms with Gasteiger partial charge < -0.3 is 14.8 Å². The fourth-order valence-corrected chi connectivity index (χ4v) is 2.54. The number of nitrogens with one attached hydrogen (secondary N) is 1. The number of hydrogen-bond donors (Lipinski definition) is 1. The zero-order valence-corrected chi connectivity index (χ0v) is 11.0. The van der Waals surface area contributed by atoms with Gasteiger partial charge >= 0.3 is 0 Å². The normalized spacial score (nSPS) is 19.0. The summed E-state index contributed by atoms with van der Waals surface area (Å²) in [5.74, 6) is 2.37. The first kappa shape index (κ1) is 12.2. The average molecular weight is 235 g/mol. The van der Waals surface area contributed by atoms with Gasteiger partial charge in [0.15, 0.2) is 0 Å². The monoisotopic (exact) mass is 235 g/mol. The second-order valence-electron chi connectivity index (χ2n) is 4.83. The van der Waals surface area contributed by atoms with Crippen LogP contribution in [0.15, 0.2) is 12.1 Å². The van der Waals surface area contributed by atoms with Gasteiger partial charge in [-0.05, 0) is 30.5 Å². The average Bonchev–Trinajstić information content (AvgIpc) is 2.36. The van der Waals surface area contributed by atoms with Crippen molar-refractivity contribution in [1.29, 1.82) is 0 Å². The van der Waals surface area contributed by atoms with E-state index in [4.69, 9.17) is 9.47 Å². The molecule has 3 nitrogen and oxygen atoms in total. The maximum atomic E-state index is 5.52. The van der Waals surface area contributed by atoms with Crippen molar-refractivity contribution in [3.63, 3.8) is 0 Å². The number of fused-ring (bicyclic) bond motifs is 1. The van der Waals surface area contributed by atoms with Crippen LogP contribution in [0.3, 0.4) is 0 Å². The van der Waals surface area contributed by atoms with Crippen LogP contribution in [0.4, 0.5) is 0 Å². The summed E-state index contributed by atoms with van der Waals surface area (Å²) in [4.78, 5) is 0. The van der Waals surface area contributed by atoms with Gasteiger partial charge in [0.2, 0.25) is 0 Å². The Bertz CT molecular complexity index is 384. The lowest BCUT2D eigenvalue weighted by atomic mass is 9.87. The lowest BCUT2D eigenvalue weighted by molar-refractivity contribution is 0.351. The molecule has 2 rings (SSSR count). The van der Waals surface area contributed by atoms with E-state index in [9.17, 15) is 0 Å². The summed E-state index contributed by atoms with van der Waals surface area (Å²) in [6, 6.07) is 4.48. The van der Waals surface area contributed by atoms with Crippen LogP contribution >= 0.6 is 0 Å². The molecule has 0 saturated heterocycles. The highest BCUT2D eigenvalue weighted by Crippen LogP contribution is 2.38. The van der Waals surface area contributed by atoms with Crippen LogP contribution in [0, 0.1) is 5.92 Å². The van der Waals surface area contributed by atoms with Gasteiger partial charge in [0.25, 0.3) is 0 Å². The minimum atomic E-state index is 0.375. The fourth-order valence-electron chi connectivity index (χ4n) is 2.54. The molecule has 0 saturated carbocycles. The van der Waals surface area contributed by atoms with Crippen molar-refractivity contribution >= 4 is 0 Å². The number of methoxy groups -OCH3 is 2. The Balaban J connectivity index is 2.51. The third-order valence-corrected chi connectivity index (χ3v) is 3.39. The molecule has 0 aliphatic carbocycles. The second kappa shape index (κ2) is 4.96. The topological polar surface area (TPSA) is 30.5 Å². The summed E-state index contributed by atoms with van der Waals surface area (Å²) in [6.45, 7) is 5.49. The molecule has 94 valence electrons. The van der Waals surface area contributed by atoms with E-state index in [0.717, 1.165) is 24.5 Å². The van der Waals surface area contributed by atoms with E-state index in [1.165, 1.54) is 11.1 Å². The molecule has 1 heterocycles. The van der Waals surface area contributed by atoms with Gasteiger partial charge in [-0.25, -0.2) is 0 Å². The predicted molar refractivity (Wildman–Crippen MR) is 68.8 cm³/mol. The predicted octanol–water partition coefficient (Wildman–Crippen LogP) is 2.55. The molecule has 1 unspecified atom stereocenters. The molecule has 1 aromatic carbocycles. The van der Waals surface area contributed by atoms with Crippen LogP contribution in [0.25, 0.3) is 0 Å². The molecular weight excluding hydrogens is 214 g/mol. The Hall–Kier alpha value is -1.22. The Labute approximate surface area is 103 Å². The number of rotatable bonds is 3. The molecule has 3 heteroatoms. The van der Waals surface area contributed by atoms with Gasteiger partial charge in [0.1, 0.15) is 11.5 Å². The molecule has 0 bridgehead atoms. The highest BCUT2D eigenvalue weighted by molar-refractivity contribution is 5.49. The van der Waals surface area contributed by atoms with E-state index < -0.39 is 0 Å². The number of ether oxygens (including phenoxy) is 2. The summed E-state index contributed by atoms with van der Waals surface area (Å²) >= 11 is 0. The van der Waals surface area contributed by atoms with Gasteiger partial charge in [-0.1, -0.05) is 13.8 Å². The molecule has 0 spiro atoms. The second-order valence-corrected chi connectivity index (χ2v) is 4.83. The minimum absolute atomic E-state index is 0.375. The van der Waals surface area contributed by atoms with E-state index >= 15 is 0 Å².